The zero-order valence-corrected chi connectivity index (χ0v) is 13.1. The van der Waals surface area contributed by atoms with Crippen LogP contribution in [-0.2, 0) is 0 Å². The summed E-state index contributed by atoms with van der Waals surface area (Å²) in [6, 6.07) is 0.424. The topological polar surface area (TPSA) is 41.3 Å². The molecule has 0 aromatic rings. The molecule has 3 atom stereocenters. The number of nitrogens with zero attached hydrogens (tertiary/aromatic N) is 1. The average Bonchev–Trinajstić information content (AvgIpc) is 2.40. The molecule has 1 aliphatic heterocycles. The Bertz CT molecular complexity index is 271. The number of likely N-dealkylation sites (tertiary alicyclic amines) is 1. The van der Waals surface area contributed by atoms with Gasteiger partial charge in [-0.1, -0.05) is 26.2 Å². The Labute approximate surface area is 119 Å². The molecule has 2 aliphatic rings. The van der Waals surface area contributed by atoms with Crippen molar-refractivity contribution in [3.05, 3.63) is 0 Å². The number of hydrogen-bond acceptors (Lipinski definition) is 3. The van der Waals surface area contributed by atoms with Gasteiger partial charge in [0.2, 0.25) is 0 Å². The number of nitrogens with one attached hydrogen (secondary N) is 1. The molecule has 2 rings (SSSR count). The zero-order chi connectivity index (χ0) is 13.9. The molecule has 3 unspecified atom stereocenters. The van der Waals surface area contributed by atoms with Crippen molar-refractivity contribution in [2.24, 2.45) is 17.7 Å². The molecule has 0 bridgehead atoms. The van der Waals surface area contributed by atoms with Gasteiger partial charge in [-0.05, 0) is 64.5 Å². The molecule has 3 N–H and O–H groups in total. The van der Waals surface area contributed by atoms with Crippen LogP contribution in [0.4, 0.5) is 0 Å². The highest BCUT2D eigenvalue weighted by atomic mass is 15.3. The molecule has 1 saturated carbocycles. The molecule has 0 amide bonds. The number of nitrogens with two attached hydrogens (primary N) is 1. The highest BCUT2D eigenvalue weighted by molar-refractivity contribution is 4.98. The van der Waals surface area contributed by atoms with Gasteiger partial charge < -0.3 is 0 Å². The Morgan fingerprint density at radius 1 is 1.11 bits per heavy atom. The van der Waals surface area contributed by atoms with Gasteiger partial charge >= 0.3 is 0 Å². The van der Waals surface area contributed by atoms with Crippen molar-refractivity contribution in [1.82, 2.24) is 10.3 Å². The normalized spacial score (nSPS) is 32.2. The summed E-state index contributed by atoms with van der Waals surface area (Å²) < 4.78 is 0. The molecule has 2 fully saturated rings. The molecule has 112 valence electrons. The lowest BCUT2D eigenvalue weighted by Gasteiger charge is -2.49. The van der Waals surface area contributed by atoms with Crippen LogP contribution in [0.5, 0.6) is 0 Å². The highest BCUT2D eigenvalue weighted by Crippen LogP contribution is 2.36. The van der Waals surface area contributed by atoms with E-state index < -0.39 is 0 Å². The predicted molar refractivity (Wildman–Crippen MR) is 81.7 cm³/mol. The minimum atomic E-state index is 0.177. The number of hydrazine groups is 1. The minimum Gasteiger partial charge on any atom is -0.297 e. The number of hydrogen-bond donors (Lipinski definition) is 2. The number of rotatable bonds is 4. The molecule has 1 saturated heterocycles. The van der Waals surface area contributed by atoms with Crippen molar-refractivity contribution in [2.75, 3.05) is 13.1 Å². The molecule has 0 aromatic carbocycles. The van der Waals surface area contributed by atoms with E-state index in [1.54, 1.807) is 0 Å². The van der Waals surface area contributed by atoms with Crippen LogP contribution in [0.15, 0.2) is 0 Å². The zero-order valence-electron chi connectivity index (χ0n) is 13.1. The SMILES string of the molecule is CC1CCCC(C(NN)C(C)(C)N2CCCCC2)C1. The van der Waals surface area contributed by atoms with Gasteiger partial charge in [0.1, 0.15) is 0 Å². The minimum absolute atomic E-state index is 0.177. The molecular formula is C16H33N3. The molecule has 1 heterocycles. The van der Waals surface area contributed by atoms with Crippen LogP contribution in [0.2, 0.25) is 0 Å². The first-order valence-corrected chi connectivity index (χ1v) is 8.27. The standard InChI is InChI=1S/C16H33N3/c1-13-8-7-9-14(12-13)15(18-17)16(2,3)19-10-5-4-6-11-19/h13-15,18H,4-12,17H2,1-3H3. The molecule has 3 nitrogen and oxygen atoms in total. The second-order valence-corrected chi connectivity index (χ2v) is 7.38. The molecule has 0 radical (unpaired) electrons. The molecular weight excluding hydrogens is 234 g/mol. The van der Waals surface area contributed by atoms with Crippen LogP contribution in [0.3, 0.4) is 0 Å². The quantitative estimate of drug-likeness (QED) is 0.608. The summed E-state index contributed by atoms with van der Waals surface area (Å²) in [5.41, 5.74) is 3.37. The second-order valence-electron chi connectivity index (χ2n) is 7.38. The summed E-state index contributed by atoms with van der Waals surface area (Å²) in [6.45, 7) is 9.67. The van der Waals surface area contributed by atoms with Crippen molar-refractivity contribution in [1.29, 1.82) is 0 Å². The van der Waals surface area contributed by atoms with Crippen molar-refractivity contribution in [3.8, 4) is 0 Å². The van der Waals surface area contributed by atoms with Crippen molar-refractivity contribution in [3.63, 3.8) is 0 Å². The maximum absolute atomic E-state index is 5.97. The maximum Gasteiger partial charge on any atom is 0.0417 e. The third kappa shape index (κ3) is 3.50. The fraction of sp³-hybridized carbons (Fsp3) is 1.00. The fourth-order valence-electron chi connectivity index (χ4n) is 4.37. The number of piperidine rings is 1. The van der Waals surface area contributed by atoms with E-state index >= 15 is 0 Å². The van der Waals surface area contributed by atoms with Gasteiger partial charge in [-0.2, -0.15) is 0 Å². The molecule has 3 heteroatoms. The lowest BCUT2D eigenvalue weighted by atomic mass is 9.72. The van der Waals surface area contributed by atoms with Crippen LogP contribution in [-0.4, -0.2) is 29.6 Å². The second kappa shape index (κ2) is 6.55. The first-order valence-electron chi connectivity index (χ1n) is 8.27. The van der Waals surface area contributed by atoms with E-state index in [0.29, 0.717) is 6.04 Å². The van der Waals surface area contributed by atoms with Crippen LogP contribution in [0.25, 0.3) is 0 Å². The van der Waals surface area contributed by atoms with E-state index in [2.05, 4.69) is 31.1 Å². The van der Waals surface area contributed by atoms with E-state index in [9.17, 15) is 0 Å². The van der Waals surface area contributed by atoms with Crippen LogP contribution in [0.1, 0.15) is 65.7 Å². The van der Waals surface area contributed by atoms with Gasteiger partial charge in [0.25, 0.3) is 0 Å². The Hall–Kier alpha value is -0.120. The summed E-state index contributed by atoms with van der Waals surface area (Å²) in [4.78, 5) is 2.67. The monoisotopic (exact) mass is 267 g/mol. The molecule has 1 aliphatic carbocycles. The summed E-state index contributed by atoms with van der Waals surface area (Å²) in [5, 5.41) is 0. The Balaban J connectivity index is 2.05. The largest absolute Gasteiger partial charge is 0.297 e. The van der Waals surface area contributed by atoms with Crippen LogP contribution < -0.4 is 11.3 Å². The van der Waals surface area contributed by atoms with E-state index in [4.69, 9.17) is 5.84 Å². The maximum atomic E-state index is 5.97. The van der Waals surface area contributed by atoms with Gasteiger partial charge in [0, 0.05) is 11.6 Å². The summed E-state index contributed by atoms with van der Waals surface area (Å²) in [5.74, 6) is 7.57. The first-order chi connectivity index (χ1) is 9.05. The van der Waals surface area contributed by atoms with E-state index in [0.717, 1.165) is 11.8 Å². The van der Waals surface area contributed by atoms with Gasteiger partial charge in [0.05, 0.1) is 0 Å². The van der Waals surface area contributed by atoms with Gasteiger partial charge in [0.15, 0.2) is 0 Å². The van der Waals surface area contributed by atoms with Gasteiger partial charge in [-0.15, -0.1) is 0 Å². The molecule has 0 spiro atoms. The van der Waals surface area contributed by atoms with Gasteiger partial charge in [-0.25, -0.2) is 0 Å². The van der Waals surface area contributed by atoms with Gasteiger partial charge in [-0.3, -0.25) is 16.2 Å². The summed E-state index contributed by atoms with van der Waals surface area (Å²) >= 11 is 0. The molecule has 19 heavy (non-hydrogen) atoms. The lowest BCUT2D eigenvalue weighted by molar-refractivity contribution is 0.0277. The Morgan fingerprint density at radius 3 is 2.37 bits per heavy atom. The van der Waals surface area contributed by atoms with Crippen molar-refractivity contribution in [2.45, 2.75) is 77.3 Å². The van der Waals surface area contributed by atoms with E-state index in [1.165, 1.54) is 58.0 Å². The first kappa shape index (κ1) is 15.3. The van der Waals surface area contributed by atoms with E-state index in [1.807, 2.05) is 0 Å². The fourth-order valence-corrected chi connectivity index (χ4v) is 4.37. The van der Waals surface area contributed by atoms with Crippen LogP contribution in [0, 0.1) is 11.8 Å². The summed E-state index contributed by atoms with van der Waals surface area (Å²) in [7, 11) is 0. The van der Waals surface area contributed by atoms with Crippen molar-refractivity contribution < 1.29 is 0 Å². The smallest absolute Gasteiger partial charge is 0.0417 e. The third-order valence-electron chi connectivity index (χ3n) is 5.56. The predicted octanol–water partition coefficient (Wildman–Crippen LogP) is 2.91. The lowest BCUT2D eigenvalue weighted by Crippen LogP contribution is -2.63. The Kier molecular flexibility index (Phi) is 5.27. The Morgan fingerprint density at radius 2 is 1.79 bits per heavy atom. The van der Waals surface area contributed by atoms with Crippen molar-refractivity contribution >= 4 is 0 Å². The van der Waals surface area contributed by atoms with E-state index in [-0.39, 0.29) is 5.54 Å². The third-order valence-corrected chi connectivity index (χ3v) is 5.56. The summed E-state index contributed by atoms with van der Waals surface area (Å²) in [6.07, 6.45) is 9.55. The van der Waals surface area contributed by atoms with Crippen LogP contribution >= 0.6 is 0 Å². The molecule has 0 aromatic heterocycles. The highest BCUT2D eigenvalue weighted by Gasteiger charge is 2.40. The average molecular weight is 267 g/mol.